The van der Waals surface area contributed by atoms with Crippen LogP contribution in [-0.2, 0) is 4.79 Å². The normalized spacial score (nSPS) is 19.9. The zero-order valence-corrected chi connectivity index (χ0v) is 27.4. The third kappa shape index (κ3) is 5.86. The molecule has 45 heavy (non-hydrogen) atoms. The average molecular weight is 634 g/mol. The predicted molar refractivity (Wildman–Crippen MR) is 178 cm³/mol. The molecule has 2 aliphatic heterocycles. The zero-order valence-electron chi connectivity index (χ0n) is 26.7. The van der Waals surface area contributed by atoms with Crippen LogP contribution in [0, 0.1) is 25.6 Å². The summed E-state index contributed by atoms with van der Waals surface area (Å²) in [5.41, 5.74) is 3.54. The highest BCUT2D eigenvalue weighted by Crippen LogP contribution is 2.43. The number of H-pyrrole nitrogens is 1. The quantitative estimate of drug-likeness (QED) is 0.239. The Morgan fingerprint density at radius 1 is 1.13 bits per heavy atom. The molecule has 2 saturated heterocycles. The minimum Gasteiger partial charge on any atom is -0.462 e. The lowest BCUT2D eigenvalue weighted by atomic mass is 9.94. The number of carbonyl (C=O) groups is 1. The number of nitrogens with one attached hydrogen (secondary N) is 1. The summed E-state index contributed by atoms with van der Waals surface area (Å²) in [7, 11) is 0. The van der Waals surface area contributed by atoms with Crippen molar-refractivity contribution in [3.05, 3.63) is 53.0 Å². The fourth-order valence-electron chi connectivity index (χ4n) is 6.76. The van der Waals surface area contributed by atoms with Crippen LogP contribution in [0.2, 0.25) is 5.02 Å². The highest BCUT2D eigenvalue weighted by atomic mass is 35.5. The zero-order chi connectivity index (χ0) is 32.0. The molecular weight excluding hydrogens is 593 g/mol. The molecule has 0 bridgehead atoms. The van der Waals surface area contributed by atoms with Crippen molar-refractivity contribution >= 4 is 45.1 Å². The number of ether oxygens (including phenoxy) is 1. The fourth-order valence-corrected chi connectivity index (χ4v) is 7.05. The van der Waals surface area contributed by atoms with E-state index in [0.29, 0.717) is 36.5 Å². The van der Waals surface area contributed by atoms with E-state index in [1.165, 1.54) is 18.9 Å². The van der Waals surface area contributed by atoms with Crippen molar-refractivity contribution in [1.82, 2.24) is 30.0 Å². The van der Waals surface area contributed by atoms with Gasteiger partial charge in [-0.3, -0.25) is 14.8 Å². The summed E-state index contributed by atoms with van der Waals surface area (Å²) in [6, 6.07) is 5.49. The van der Waals surface area contributed by atoms with Gasteiger partial charge in [-0.1, -0.05) is 31.2 Å². The number of benzene rings is 2. The first-order valence-corrected chi connectivity index (χ1v) is 16.1. The minimum absolute atomic E-state index is 0.113. The van der Waals surface area contributed by atoms with Crippen LogP contribution < -0.4 is 9.64 Å². The summed E-state index contributed by atoms with van der Waals surface area (Å²) in [5.74, 6) is 0.627. The number of hydrogen-bond acceptors (Lipinski definition) is 7. The van der Waals surface area contributed by atoms with Crippen molar-refractivity contribution in [2.45, 2.75) is 59.5 Å². The molecule has 4 aromatic rings. The van der Waals surface area contributed by atoms with Crippen molar-refractivity contribution in [1.29, 1.82) is 0 Å². The number of aromatic amines is 1. The molecule has 1 amide bonds. The summed E-state index contributed by atoms with van der Waals surface area (Å²) in [5, 5.41) is 8.99. The summed E-state index contributed by atoms with van der Waals surface area (Å²) >= 11 is 6.97. The van der Waals surface area contributed by atoms with Gasteiger partial charge < -0.3 is 14.5 Å². The van der Waals surface area contributed by atoms with Crippen LogP contribution in [0.4, 0.5) is 10.2 Å². The smallest absolute Gasteiger partial charge is 0.319 e. The van der Waals surface area contributed by atoms with Gasteiger partial charge in [-0.15, -0.1) is 0 Å². The standard InChI is InChI=1S/C34H41ClFN7O2/c1-7-27(44)42-17-22(5)43(18-21(42)4)33-24-16-25(35)30(28-20(3)8-9-26-29(28)23(6)39-40-26)31(36)32(24)37-34(38-33)45-15-14-41-12-10-19(2)11-13-41/h7-9,16,19,21-22H,1,10-15,17-18H2,2-6H3,(H,39,40)/t21-,22+/m1/s1. The Hall–Kier alpha value is -3.76. The number of halogens is 2. The molecule has 238 valence electrons. The number of aromatic nitrogens is 4. The molecule has 0 aliphatic carbocycles. The Labute approximate surface area is 268 Å². The first-order chi connectivity index (χ1) is 21.6. The molecular formula is C34H41ClFN7O2. The van der Waals surface area contributed by atoms with E-state index < -0.39 is 5.82 Å². The van der Waals surface area contributed by atoms with Gasteiger partial charge in [0, 0.05) is 59.3 Å². The summed E-state index contributed by atoms with van der Waals surface area (Å²) in [4.78, 5) is 28.4. The maximum atomic E-state index is 17.0. The lowest BCUT2D eigenvalue weighted by molar-refractivity contribution is -0.128. The molecule has 2 aromatic carbocycles. The molecule has 0 radical (unpaired) electrons. The number of anilines is 1. The van der Waals surface area contributed by atoms with E-state index in [2.05, 4.69) is 38.5 Å². The second-order valence-electron chi connectivity index (χ2n) is 12.7. The van der Waals surface area contributed by atoms with Crippen LogP contribution in [0.25, 0.3) is 32.9 Å². The van der Waals surface area contributed by atoms with Gasteiger partial charge in [-0.2, -0.15) is 15.1 Å². The molecule has 0 saturated carbocycles. The van der Waals surface area contributed by atoms with Crippen LogP contribution in [0.1, 0.15) is 44.9 Å². The number of amides is 1. The van der Waals surface area contributed by atoms with E-state index in [1.54, 1.807) is 11.0 Å². The van der Waals surface area contributed by atoms with Crippen molar-refractivity contribution < 1.29 is 13.9 Å². The number of hydrogen-bond donors (Lipinski definition) is 1. The second kappa shape index (κ2) is 12.6. The molecule has 11 heteroatoms. The number of piperazine rings is 1. The van der Waals surface area contributed by atoms with Gasteiger partial charge in [0.25, 0.3) is 0 Å². The third-order valence-electron chi connectivity index (χ3n) is 9.43. The van der Waals surface area contributed by atoms with Gasteiger partial charge in [0.15, 0.2) is 5.82 Å². The largest absolute Gasteiger partial charge is 0.462 e. The molecule has 4 heterocycles. The topological polar surface area (TPSA) is 90.5 Å². The van der Waals surface area contributed by atoms with E-state index in [4.69, 9.17) is 21.3 Å². The monoisotopic (exact) mass is 633 g/mol. The highest BCUT2D eigenvalue weighted by Gasteiger charge is 2.34. The van der Waals surface area contributed by atoms with Gasteiger partial charge in [-0.05, 0) is 83.3 Å². The third-order valence-corrected chi connectivity index (χ3v) is 9.73. The van der Waals surface area contributed by atoms with E-state index in [-0.39, 0.29) is 40.1 Å². The molecule has 2 aromatic heterocycles. The Kier molecular flexibility index (Phi) is 8.72. The molecule has 2 aliphatic rings. The Morgan fingerprint density at radius 2 is 1.89 bits per heavy atom. The van der Waals surface area contributed by atoms with Crippen molar-refractivity contribution in [2.75, 3.05) is 44.2 Å². The van der Waals surface area contributed by atoms with Crippen LogP contribution in [0.5, 0.6) is 6.01 Å². The maximum absolute atomic E-state index is 17.0. The molecule has 2 fully saturated rings. The Morgan fingerprint density at radius 3 is 2.62 bits per heavy atom. The number of aryl methyl sites for hydroxylation is 2. The molecule has 1 N–H and O–H groups in total. The first-order valence-electron chi connectivity index (χ1n) is 15.8. The van der Waals surface area contributed by atoms with E-state index in [9.17, 15) is 4.79 Å². The molecule has 6 rings (SSSR count). The van der Waals surface area contributed by atoms with Gasteiger partial charge in [0.1, 0.15) is 17.9 Å². The van der Waals surface area contributed by atoms with Gasteiger partial charge in [0.2, 0.25) is 5.91 Å². The lowest BCUT2D eigenvalue weighted by Gasteiger charge is -2.44. The van der Waals surface area contributed by atoms with Crippen LogP contribution >= 0.6 is 11.6 Å². The highest BCUT2D eigenvalue weighted by molar-refractivity contribution is 6.35. The summed E-state index contributed by atoms with van der Waals surface area (Å²) in [6.45, 7) is 18.0. The summed E-state index contributed by atoms with van der Waals surface area (Å²) in [6.07, 6.45) is 3.68. The molecule has 2 atom stereocenters. The van der Waals surface area contributed by atoms with E-state index in [0.717, 1.165) is 47.7 Å². The van der Waals surface area contributed by atoms with Gasteiger partial charge in [0.05, 0.1) is 10.5 Å². The number of piperidine rings is 1. The first kappa shape index (κ1) is 31.2. The number of nitrogens with zero attached hydrogens (tertiary/aromatic N) is 6. The summed E-state index contributed by atoms with van der Waals surface area (Å²) < 4.78 is 23.1. The molecule has 9 nitrogen and oxygen atoms in total. The lowest BCUT2D eigenvalue weighted by Crippen LogP contribution is -2.58. The fraction of sp³-hybridized carbons (Fsp3) is 0.471. The Balaban J connectivity index is 1.45. The average Bonchev–Trinajstić information content (AvgIpc) is 3.40. The molecule has 0 unspecified atom stereocenters. The minimum atomic E-state index is -0.534. The van der Waals surface area contributed by atoms with Crippen LogP contribution in [0.15, 0.2) is 30.9 Å². The van der Waals surface area contributed by atoms with Crippen molar-refractivity contribution in [3.8, 4) is 17.1 Å². The van der Waals surface area contributed by atoms with E-state index >= 15 is 4.39 Å². The van der Waals surface area contributed by atoms with Gasteiger partial charge in [-0.25, -0.2) is 4.39 Å². The van der Waals surface area contributed by atoms with Gasteiger partial charge >= 0.3 is 6.01 Å². The number of likely N-dealkylation sites (tertiary alicyclic amines) is 1. The Bertz CT molecular complexity index is 1770. The number of rotatable bonds is 7. The predicted octanol–water partition coefficient (Wildman–Crippen LogP) is 6.30. The van der Waals surface area contributed by atoms with Crippen LogP contribution in [-0.4, -0.2) is 87.3 Å². The van der Waals surface area contributed by atoms with Crippen molar-refractivity contribution in [2.24, 2.45) is 5.92 Å². The molecule has 0 spiro atoms. The SMILES string of the molecule is C=CC(=O)N1C[C@H](C)N(c2nc(OCCN3CCC(C)CC3)nc3c(F)c(-c4c(C)ccc5n[nH]c(C)c45)c(Cl)cc23)C[C@H]1C. The number of carbonyl (C=O) groups excluding carboxylic acids is 1. The van der Waals surface area contributed by atoms with E-state index in [1.807, 2.05) is 39.8 Å². The number of fused-ring (bicyclic) bond motifs is 2. The van der Waals surface area contributed by atoms with Crippen molar-refractivity contribution in [3.63, 3.8) is 0 Å². The maximum Gasteiger partial charge on any atom is 0.319 e. The van der Waals surface area contributed by atoms with Crippen LogP contribution in [0.3, 0.4) is 0 Å². The second-order valence-corrected chi connectivity index (χ2v) is 13.1.